The van der Waals surface area contributed by atoms with Gasteiger partial charge in [0.1, 0.15) is 17.2 Å². The fraction of sp³-hybridized carbons (Fsp3) is 0.176. The Morgan fingerprint density at radius 2 is 1.70 bits per heavy atom. The summed E-state index contributed by atoms with van der Waals surface area (Å²) in [5.74, 6) is -3.13. The summed E-state index contributed by atoms with van der Waals surface area (Å²) < 4.78 is 27.0. The average Bonchev–Trinajstić information content (AvgIpc) is 2.90. The number of aryl methyl sites for hydroxylation is 1. The molecule has 4 nitrogen and oxygen atoms in total. The molecule has 2 aromatic rings. The molecule has 23 heavy (non-hydrogen) atoms. The molecule has 2 aromatic carbocycles. The normalized spacial score (nSPS) is 15.8. The first kappa shape index (κ1) is 15.1. The first-order valence-corrected chi connectivity index (χ1v) is 7.20. The summed E-state index contributed by atoms with van der Waals surface area (Å²) in [7, 11) is 0. The fourth-order valence-corrected chi connectivity index (χ4v) is 2.78. The van der Waals surface area contributed by atoms with Crippen molar-refractivity contribution in [3.63, 3.8) is 0 Å². The molecule has 0 radical (unpaired) electrons. The second-order valence-corrected chi connectivity index (χ2v) is 5.31. The van der Waals surface area contributed by atoms with Crippen LogP contribution in [0.4, 0.5) is 13.6 Å². The largest absolute Gasteiger partial charge is 0.331 e. The van der Waals surface area contributed by atoms with Crippen molar-refractivity contribution in [2.24, 2.45) is 0 Å². The van der Waals surface area contributed by atoms with Crippen LogP contribution in [0.25, 0.3) is 0 Å². The van der Waals surface area contributed by atoms with Crippen molar-refractivity contribution < 1.29 is 18.4 Å². The molecule has 0 saturated heterocycles. The number of hydrogen-bond acceptors (Lipinski definition) is 2. The van der Waals surface area contributed by atoms with E-state index in [1.54, 1.807) is 0 Å². The molecule has 118 valence electrons. The molecule has 1 aliphatic carbocycles. The Labute approximate surface area is 131 Å². The monoisotopic (exact) mass is 316 g/mol. The van der Waals surface area contributed by atoms with E-state index in [2.05, 4.69) is 5.32 Å². The van der Waals surface area contributed by atoms with Crippen LogP contribution >= 0.6 is 0 Å². The number of benzene rings is 2. The van der Waals surface area contributed by atoms with E-state index in [1.165, 1.54) is 0 Å². The molecule has 0 aliphatic heterocycles. The molecule has 1 unspecified atom stereocenters. The minimum Gasteiger partial charge on any atom is -0.331 e. The lowest BCUT2D eigenvalue weighted by Crippen LogP contribution is -2.41. The van der Waals surface area contributed by atoms with E-state index in [9.17, 15) is 18.4 Å². The van der Waals surface area contributed by atoms with Crippen molar-refractivity contribution in [1.29, 1.82) is 0 Å². The third-order valence-corrected chi connectivity index (χ3v) is 3.86. The standard InChI is InChI=1S/C17H14F2N2O2/c18-12-6-3-7-13(19)15(12)16(22)21-17(23)20-14-9-8-10-4-1-2-5-11(10)14/h1-7,14H,8-9H2,(H2,20,21,22,23). The highest BCUT2D eigenvalue weighted by atomic mass is 19.1. The number of carbonyl (C=O) groups is 2. The van der Waals surface area contributed by atoms with Gasteiger partial charge >= 0.3 is 6.03 Å². The van der Waals surface area contributed by atoms with E-state index < -0.39 is 29.1 Å². The van der Waals surface area contributed by atoms with Gasteiger partial charge < -0.3 is 5.32 Å². The molecule has 6 heteroatoms. The third-order valence-electron chi connectivity index (χ3n) is 3.86. The number of rotatable bonds is 2. The van der Waals surface area contributed by atoms with Crippen LogP contribution in [0.1, 0.15) is 33.9 Å². The minimum absolute atomic E-state index is 0.218. The van der Waals surface area contributed by atoms with Gasteiger partial charge in [-0.15, -0.1) is 0 Å². The Balaban J connectivity index is 1.68. The molecule has 0 heterocycles. The fourth-order valence-electron chi connectivity index (χ4n) is 2.78. The molecular formula is C17H14F2N2O2. The van der Waals surface area contributed by atoms with Gasteiger partial charge in [-0.3, -0.25) is 10.1 Å². The number of hydrogen-bond donors (Lipinski definition) is 2. The van der Waals surface area contributed by atoms with Crippen molar-refractivity contribution in [3.8, 4) is 0 Å². The smallest absolute Gasteiger partial charge is 0.322 e. The van der Waals surface area contributed by atoms with Gasteiger partial charge in [-0.05, 0) is 36.1 Å². The van der Waals surface area contributed by atoms with Gasteiger partial charge in [-0.2, -0.15) is 0 Å². The second kappa shape index (κ2) is 6.16. The van der Waals surface area contributed by atoms with E-state index >= 15 is 0 Å². The van der Waals surface area contributed by atoms with Gasteiger partial charge in [-0.1, -0.05) is 30.3 Å². The van der Waals surface area contributed by atoms with Crippen molar-refractivity contribution >= 4 is 11.9 Å². The molecule has 0 fully saturated rings. The molecule has 0 spiro atoms. The predicted octanol–water partition coefficient (Wildman–Crippen LogP) is 3.09. The number of imide groups is 1. The summed E-state index contributed by atoms with van der Waals surface area (Å²) in [4.78, 5) is 23.8. The van der Waals surface area contributed by atoms with Gasteiger partial charge in [0.25, 0.3) is 5.91 Å². The number of nitrogens with one attached hydrogen (secondary N) is 2. The Bertz CT molecular complexity index is 757. The van der Waals surface area contributed by atoms with Crippen LogP contribution in [0.2, 0.25) is 0 Å². The Hall–Kier alpha value is -2.76. The molecular weight excluding hydrogens is 302 g/mol. The third kappa shape index (κ3) is 3.06. The first-order chi connectivity index (χ1) is 11.1. The lowest BCUT2D eigenvalue weighted by atomic mass is 10.1. The SMILES string of the molecule is O=C(NC(=O)c1c(F)cccc1F)NC1CCc2ccccc21. The maximum absolute atomic E-state index is 13.5. The van der Waals surface area contributed by atoms with Gasteiger partial charge in [0.15, 0.2) is 0 Å². The Morgan fingerprint density at radius 1 is 1.00 bits per heavy atom. The topological polar surface area (TPSA) is 58.2 Å². The van der Waals surface area contributed by atoms with E-state index in [1.807, 2.05) is 29.6 Å². The van der Waals surface area contributed by atoms with Crippen LogP contribution < -0.4 is 10.6 Å². The van der Waals surface area contributed by atoms with Crippen LogP contribution in [-0.4, -0.2) is 11.9 Å². The van der Waals surface area contributed by atoms with E-state index in [-0.39, 0.29) is 6.04 Å². The van der Waals surface area contributed by atoms with Crippen LogP contribution in [0, 0.1) is 11.6 Å². The molecule has 2 N–H and O–H groups in total. The summed E-state index contributed by atoms with van der Waals surface area (Å²) in [5, 5.41) is 4.63. The highest BCUT2D eigenvalue weighted by Crippen LogP contribution is 2.30. The lowest BCUT2D eigenvalue weighted by Gasteiger charge is -2.14. The summed E-state index contributed by atoms with van der Waals surface area (Å²) >= 11 is 0. The Kier molecular flexibility index (Phi) is 4.06. The van der Waals surface area contributed by atoms with Crippen molar-refractivity contribution in [1.82, 2.24) is 10.6 Å². The average molecular weight is 316 g/mol. The number of fused-ring (bicyclic) bond motifs is 1. The van der Waals surface area contributed by atoms with Crippen molar-refractivity contribution in [2.75, 3.05) is 0 Å². The maximum Gasteiger partial charge on any atom is 0.322 e. The molecule has 1 atom stereocenters. The van der Waals surface area contributed by atoms with Crippen molar-refractivity contribution in [3.05, 3.63) is 70.8 Å². The lowest BCUT2D eigenvalue weighted by molar-refractivity contribution is 0.0955. The zero-order valence-corrected chi connectivity index (χ0v) is 12.1. The number of halogens is 2. The van der Waals surface area contributed by atoms with Gasteiger partial charge in [-0.25, -0.2) is 13.6 Å². The highest BCUT2D eigenvalue weighted by Gasteiger charge is 2.25. The number of urea groups is 1. The maximum atomic E-state index is 13.5. The molecule has 1 aliphatic rings. The van der Waals surface area contributed by atoms with Gasteiger partial charge in [0.2, 0.25) is 0 Å². The van der Waals surface area contributed by atoms with Crippen LogP contribution in [0.15, 0.2) is 42.5 Å². The summed E-state index contributed by atoms with van der Waals surface area (Å²) in [5.41, 5.74) is 1.37. The van der Waals surface area contributed by atoms with E-state index in [4.69, 9.17) is 0 Å². The summed E-state index contributed by atoms with van der Waals surface area (Å²) in [6.07, 6.45) is 1.55. The van der Waals surface area contributed by atoms with Crippen LogP contribution in [-0.2, 0) is 6.42 Å². The Morgan fingerprint density at radius 3 is 2.43 bits per heavy atom. The van der Waals surface area contributed by atoms with Crippen LogP contribution in [0.3, 0.4) is 0 Å². The predicted molar refractivity (Wildman–Crippen MR) is 79.9 cm³/mol. The first-order valence-electron chi connectivity index (χ1n) is 7.20. The van der Waals surface area contributed by atoms with Crippen molar-refractivity contribution in [2.45, 2.75) is 18.9 Å². The summed E-state index contributed by atoms with van der Waals surface area (Å²) in [6, 6.07) is 9.76. The summed E-state index contributed by atoms with van der Waals surface area (Å²) in [6.45, 7) is 0. The quantitative estimate of drug-likeness (QED) is 0.894. The number of amides is 3. The van der Waals surface area contributed by atoms with E-state index in [0.717, 1.165) is 42.2 Å². The molecule has 3 amide bonds. The molecule has 0 aromatic heterocycles. The van der Waals surface area contributed by atoms with Gasteiger partial charge in [0, 0.05) is 0 Å². The van der Waals surface area contributed by atoms with Crippen LogP contribution in [0.5, 0.6) is 0 Å². The van der Waals surface area contributed by atoms with E-state index in [0.29, 0.717) is 0 Å². The number of carbonyl (C=O) groups excluding carboxylic acids is 2. The second-order valence-electron chi connectivity index (χ2n) is 5.31. The zero-order valence-electron chi connectivity index (χ0n) is 12.1. The highest BCUT2D eigenvalue weighted by molar-refractivity contribution is 6.04. The molecule has 0 bridgehead atoms. The molecule has 3 rings (SSSR count). The zero-order chi connectivity index (χ0) is 16.4. The van der Waals surface area contributed by atoms with Gasteiger partial charge in [0.05, 0.1) is 6.04 Å². The minimum atomic E-state index is -1.11. The molecule has 0 saturated carbocycles.